The minimum atomic E-state index is -4.22. The van der Waals surface area contributed by atoms with E-state index in [0.717, 1.165) is 48.6 Å². The van der Waals surface area contributed by atoms with E-state index >= 15 is 0 Å². The van der Waals surface area contributed by atoms with Gasteiger partial charge in [-0.25, -0.2) is 0 Å². The molecular weight excluding hydrogens is 432 g/mol. The van der Waals surface area contributed by atoms with Gasteiger partial charge in [-0.3, -0.25) is 9.35 Å². The van der Waals surface area contributed by atoms with Crippen LogP contribution in [0.3, 0.4) is 0 Å². The number of carbonyl (C=O) groups excluding carboxylic acids is 1. The van der Waals surface area contributed by atoms with Crippen molar-refractivity contribution in [2.75, 3.05) is 0 Å². The Balaban J connectivity index is 1.40. The molecule has 4 nitrogen and oxygen atoms in total. The summed E-state index contributed by atoms with van der Waals surface area (Å²) in [6, 6.07) is 5.34. The zero-order chi connectivity index (χ0) is 23.8. The first-order valence-electron chi connectivity index (χ1n) is 13.0. The molecule has 0 spiro atoms. The molecule has 0 radical (unpaired) electrons. The molecule has 5 heteroatoms. The van der Waals surface area contributed by atoms with Gasteiger partial charge in [-0.1, -0.05) is 31.5 Å². The van der Waals surface area contributed by atoms with Crippen LogP contribution in [-0.2, 0) is 14.9 Å². The Labute approximate surface area is 199 Å². The molecule has 0 heterocycles. The number of benzene rings is 1. The van der Waals surface area contributed by atoms with Gasteiger partial charge in [0.05, 0.1) is 4.90 Å². The van der Waals surface area contributed by atoms with Crippen LogP contribution in [0.1, 0.15) is 95.6 Å². The average Bonchev–Trinajstić information content (AvgIpc) is 3.09. The molecule has 1 N–H and O–H groups in total. The molecule has 4 fully saturated rings. The van der Waals surface area contributed by atoms with Gasteiger partial charge in [-0.2, -0.15) is 8.42 Å². The highest BCUT2D eigenvalue weighted by molar-refractivity contribution is 7.85. The number of fused-ring (bicyclic) bond motifs is 5. The van der Waals surface area contributed by atoms with Gasteiger partial charge in [0.15, 0.2) is 0 Å². The number of hydrogen-bond donors (Lipinski definition) is 1. The van der Waals surface area contributed by atoms with Gasteiger partial charge < -0.3 is 0 Å². The fourth-order valence-electron chi connectivity index (χ4n) is 9.43. The van der Waals surface area contributed by atoms with Crippen LogP contribution < -0.4 is 0 Å². The average molecular weight is 473 g/mol. The second kappa shape index (κ2) is 7.91. The van der Waals surface area contributed by atoms with E-state index in [2.05, 4.69) is 13.8 Å². The van der Waals surface area contributed by atoms with E-state index in [1.54, 1.807) is 19.1 Å². The highest BCUT2D eigenvalue weighted by atomic mass is 32.2. The number of ketones is 1. The van der Waals surface area contributed by atoms with E-state index in [0.29, 0.717) is 23.0 Å². The molecule has 182 valence electrons. The van der Waals surface area contributed by atoms with Gasteiger partial charge in [-0.15, -0.1) is 0 Å². The van der Waals surface area contributed by atoms with Crippen LogP contribution in [0.15, 0.2) is 23.1 Å². The highest BCUT2D eigenvalue weighted by Crippen LogP contribution is 2.68. The lowest BCUT2D eigenvalue weighted by molar-refractivity contribution is -0.134. The maximum absolute atomic E-state index is 12.4. The summed E-state index contributed by atoms with van der Waals surface area (Å²) in [6.45, 7) is 8.72. The van der Waals surface area contributed by atoms with Crippen LogP contribution in [-0.4, -0.2) is 18.8 Å². The maximum Gasteiger partial charge on any atom is 0.294 e. The minimum absolute atomic E-state index is 0.102. The summed E-state index contributed by atoms with van der Waals surface area (Å²) in [7, 11) is -4.22. The van der Waals surface area contributed by atoms with Crippen molar-refractivity contribution in [1.82, 2.24) is 0 Å². The molecule has 0 aliphatic heterocycles. The Kier molecular flexibility index (Phi) is 5.64. The van der Waals surface area contributed by atoms with Crippen molar-refractivity contribution in [2.45, 2.75) is 96.3 Å². The molecule has 8 atom stereocenters. The largest absolute Gasteiger partial charge is 0.300 e. The molecule has 0 saturated heterocycles. The first-order valence-corrected chi connectivity index (χ1v) is 14.5. The lowest BCUT2D eigenvalue weighted by Gasteiger charge is -2.61. The van der Waals surface area contributed by atoms with E-state index in [-0.39, 0.29) is 22.1 Å². The molecule has 4 aliphatic carbocycles. The molecule has 5 rings (SSSR count). The second-order valence-electron chi connectivity index (χ2n) is 12.4. The fraction of sp³-hybridized carbons (Fsp3) is 0.750. The summed E-state index contributed by atoms with van der Waals surface area (Å²) in [6.07, 6.45) is 10.3. The van der Waals surface area contributed by atoms with Crippen molar-refractivity contribution in [3.05, 3.63) is 29.3 Å². The molecule has 1 aromatic rings. The first kappa shape index (κ1) is 23.5. The van der Waals surface area contributed by atoms with Crippen LogP contribution in [0.4, 0.5) is 0 Å². The van der Waals surface area contributed by atoms with Gasteiger partial charge in [0.1, 0.15) is 5.78 Å². The Morgan fingerprint density at radius 1 is 0.970 bits per heavy atom. The Morgan fingerprint density at radius 2 is 1.67 bits per heavy atom. The Bertz CT molecular complexity index is 1060. The maximum atomic E-state index is 12.4. The van der Waals surface area contributed by atoms with Crippen molar-refractivity contribution in [1.29, 1.82) is 0 Å². The van der Waals surface area contributed by atoms with Crippen LogP contribution in [0.5, 0.6) is 0 Å². The lowest BCUT2D eigenvalue weighted by atomic mass is 9.44. The molecule has 1 aromatic carbocycles. The third-order valence-corrected chi connectivity index (χ3v) is 12.0. The molecule has 0 unspecified atom stereocenters. The van der Waals surface area contributed by atoms with Crippen molar-refractivity contribution in [3.8, 4) is 0 Å². The summed E-state index contributed by atoms with van der Waals surface area (Å²) in [4.78, 5) is 12.5. The van der Waals surface area contributed by atoms with Gasteiger partial charge in [0.25, 0.3) is 10.1 Å². The van der Waals surface area contributed by atoms with E-state index in [1.165, 1.54) is 32.1 Å². The predicted molar refractivity (Wildman–Crippen MR) is 130 cm³/mol. The van der Waals surface area contributed by atoms with Crippen LogP contribution in [0.25, 0.3) is 0 Å². The van der Waals surface area contributed by atoms with Crippen molar-refractivity contribution < 1.29 is 17.8 Å². The second-order valence-corrected chi connectivity index (χ2v) is 13.8. The van der Waals surface area contributed by atoms with Gasteiger partial charge in [0.2, 0.25) is 0 Å². The van der Waals surface area contributed by atoms with E-state index in [1.807, 2.05) is 13.0 Å². The standard InChI is InChI=1S/C28H40O4S/c1-17-5-10-26(33(30,31)32)22(15-17)19-11-13-27(3)20(16-19)6-7-21-24-9-8-23(18(2)29)28(24,4)14-12-25(21)27/h5,10,15,19-21,23-25H,6-9,11-14,16H2,1-4H3,(H,30,31,32)/t19-,20+,21-,23+,24-,25-,27-,28+/m0/s1. The summed E-state index contributed by atoms with van der Waals surface area (Å²) in [5.74, 6) is 3.58. The molecule has 0 amide bonds. The van der Waals surface area contributed by atoms with Crippen molar-refractivity contribution in [3.63, 3.8) is 0 Å². The topological polar surface area (TPSA) is 71.4 Å². The van der Waals surface area contributed by atoms with Gasteiger partial charge in [0, 0.05) is 5.92 Å². The Morgan fingerprint density at radius 3 is 2.36 bits per heavy atom. The van der Waals surface area contributed by atoms with Crippen LogP contribution in [0.2, 0.25) is 0 Å². The number of rotatable bonds is 3. The molecule has 33 heavy (non-hydrogen) atoms. The summed E-state index contributed by atoms with van der Waals surface area (Å²) in [5.41, 5.74) is 2.36. The molecule has 4 aliphatic rings. The van der Waals surface area contributed by atoms with Crippen LogP contribution >= 0.6 is 0 Å². The normalized spacial score (nSPS) is 42.8. The molecule has 0 bridgehead atoms. The van der Waals surface area contributed by atoms with Crippen molar-refractivity contribution in [2.24, 2.45) is 40.4 Å². The third kappa shape index (κ3) is 3.64. The summed E-state index contributed by atoms with van der Waals surface area (Å²) < 4.78 is 34.0. The number of carbonyl (C=O) groups is 1. The zero-order valence-electron chi connectivity index (χ0n) is 20.6. The van der Waals surface area contributed by atoms with Gasteiger partial charge >= 0.3 is 0 Å². The first-order chi connectivity index (χ1) is 15.4. The summed E-state index contributed by atoms with van der Waals surface area (Å²) in [5, 5.41) is 0. The quantitative estimate of drug-likeness (QED) is 0.505. The number of Topliss-reactive ketones (excluding diaryl/α,β-unsaturated/α-hetero) is 1. The highest BCUT2D eigenvalue weighted by Gasteiger charge is 2.60. The minimum Gasteiger partial charge on any atom is -0.300 e. The number of aryl methyl sites for hydroxylation is 1. The summed E-state index contributed by atoms with van der Waals surface area (Å²) >= 11 is 0. The fourth-order valence-corrected chi connectivity index (χ4v) is 10.2. The molecular formula is C28H40O4S. The third-order valence-electron chi connectivity index (χ3n) is 11.0. The number of hydrogen-bond acceptors (Lipinski definition) is 3. The predicted octanol–water partition coefficient (Wildman–Crippen LogP) is 6.57. The van der Waals surface area contributed by atoms with Crippen molar-refractivity contribution >= 4 is 15.9 Å². The molecule has 4 saturated carbocycles. The Hall–Kier alpha value is -1.20. The van der Waals surface area contributed by atoms with Crippen LogP contribution in [0, 0.1) is 47.3 Å². The smallest absolute Gasteiger partial charge is 0.294 e. The monoisotopic (exact) mass is 472 g/mol. The van der Waals surface area contributed by atoms with E-state index in [9.17, 15) is 17.8 Å². The van der Waals surface area contributed by atoms with Gasteiger partial charge in [-0.05, 0) is 124 Å². The molecule has 0 aromatic heterocycles. The van der Waals surface area contributed by atoms with E-state index < -0.39 is 10.1 Å². The van der Waals surface area contributed by atoms with E-state index in [4.69, 9.17) is 0 Å². The SMILES string of the molecule is CC(=O)[C@H]1CC[C@H]2[C@@H]3CC[C@@H]4C[C@@H](c5cc(C)ccc5S(=O)(=O)O)CC[C@]4(C)[C@H]3CC[C@]12C. The lowest BCUT2D eigenvalue weighted by Crippen LogP contribution is -2.53. The zero-order valence-corrected chi connectivity index (χ0v) is 21.5.